The fourth-order valence-electron chi connectivity index (χ4n) is 3.28. The van der Waals surface area contributed by atoms with Gasteiger partial charge in [0, 0.05) is 4.70 Å². The van der Waals surface area contributed by atoms with Crippen molar-refractivity contribution in [1.29, 1.82) is 0 Å². The van der Waals surface area contributed by atoms with Crippen molar-refractivity contribution in [2.24, 2.45) is 11.1 Å². The molecule has 1 aliphatic carbocycles. The maximum Gasteiger partial charge on any atom is 0.380 e. The van der Waals surface area contributed by atoms with E-state index in [1.54, 1.807) is 23.5 Å². The van der Waals surface area contributed by atoms with Crippen molar-refractivity contribution in [2.45, 2.75) is 38.5 Å². The maximum atomic E-state index is 11.0. The Bertz CT molecular complexity index is 751. The van der Waals surface area contributed by atoms with Crippen molar-refractivity contribution in [3.05, 3.63) is 29.1 Å². The number of benzene rings is 1. The van der Waals surface area contributed by atoms with Crippen LogP contribution < -0.4 is 9.32 Å². The summed E-state index contributed by atoms with van der Waals surface area (Å²) in [7, 11) is -3.96. The SMILES string of the molecule is CC1CCCCC1c1csc2cc(OS(N)(=O)=O)ccc12. The highest BCUT2D eigenvalue weighted by Crippen LogP contribution is 2.43. The molecule has 0 spiro atoms. The van der Waals surface area contributed by atoms with Gasteiger partial charge in [-0.15, -0.1) is 11.3 Å². The number of rotatable bonds is 3. The minimum Gasteiger partial charge on any atom is -0.371 e. The van der Waals surface area contributed by atoms with Crippen LogP contribution in [0.25, 0.3) is 10.1 Å². The zero-order valence-electron chi connectivity index (χ0n) is 11.9. The lowest BCUT2D eigenvalue weighted by Crippen LogP contribution is -2.18. The Morgan fingerprint density at radius 3 is 2.76 bits per heavy atom. The maximum absolute atomic E-state index is 11.0. The average molecular weight is 325 g/mol. The quantitative estimate of drug-likeness (QED) is 0.933. The van der Waals surface area contributed by atoms with E-state index in [1.807, 2.05) is 6.07 Å². The van der Waals surface area contributed by atoms with E-state index in [2.05, 4.69) is 12.3 Å². The second-order valence-corrected chi connectivity index (χ2v) is 7.86. The number of thiophene rings is 1. The molecule has 1 aliphatic rings. The number of nitrogens with two attached hydrogens (primary N) is 1. The van der Waals surface area contributed by atoms with Crippen molar-refractivity contribution in [3.63, 3.8) is 0 Å². The molecule has 2 unspecified atom stereocenters. The molecular weight excluding hydrogens is 306 g/mol. The molecule has 0 radical (unpaired) electrons. The molecule has 3 rings (SSSR count). The van der Waals surface area contributed by atoms with E-state index in [0.29, 0.717) is 11.8 Å². The topological polar surface area (TPSA) is 69.4 Å². The molecule has 4 nitrogen and oxygen atoms in total. The van der Waals surface area contributed by atoms with Gasteiger partial charge < -0.3 is 4.18 Å². The summed E-state index contributed by atoms with van der Waals surface area (Å²) in [5.74, 6) is 1.59. The van der Waals surface area contributed by atoms with Gasteiger partial charge in [-0.2, -0.15) is 13.6 Å². The van der Waals surface area contributed by atoms with Crippen molar-refractivity contribution < 1.29 is 12.6 Å². The standard InChI is InChI=1S/C15H19NO3S2/c1-10-4-2-3-5-12(10)14-9-20-15-8-11(6-7-13(14)15)19-21(16,17)18/h6-10,12H,2-5H2,1H3,(H2,16,17,18). The summed E-state index contributed by atoms with van der Waals surface area (Å²) in [4.78, 5) is 0. The lowest BCUT2D eigenvalue weighted by atomic mass is 9.76. The third-order valence-electron chi connectivity index (χ3n) is 4.30. The van der Waals surface area contributed by atoms with E-state index < -0.39 is 10.3 Å². The van der Waals surface area contributed by atoms with Crippen molar-refractivity contribution >= 4 is 31.7 Å². The van der Waals surface area contributed by atoms with Gasteiger partial charge in [0.05, 0.1) is 0 Å². The summed E-state index contributed by atoms with van der Waals surface area (Å²) in [5, 5.41) is 8.32. The molecule has 1 heterocycles. The van der Waals surface area contributed by atoms with Crippen LogP contribution in [0.15, 0.2) is 23.6 Å². The molecule has 114 valence electrons. The van der Waals surface area contributed by atoms with Crippen molar-refractivity contribution in [2.75, 3.05) is 0 Å². The summed E-state index contributed by atoms with van der Waals surface area (Å²) >= 11 is 1.63. The van der Waals surface area contributed by atoms with Crippen LogP contribution in [-0.2, 0) is 10.3 Å². The number of hydrogen-bond donors (Lipinski definition) is 1. The highest BCUT2D eigenvalue weighted by Gasteiger charge is 2.25. The lowest BCUT2D eigenvalue weighted by molar-refractivity contribution is 0.332. The summed E-state index contributed by atoms with van der Waals surface area (Å²) in [6, 6.07) is 5.38. The highest BCUT2D eigenvalue weighted by molar-refractivity contribution is 7.84. The van der Waals surface area contributed by atoms with Gasteiger partial charge in [-0.25, -0.2) is 0 Å². The Hall–Kier alpha value is -1.11. The molecule has 1 saturated carbocycles. The summed E-state index contributed by atoms with van der Waals surface area (Å²) in [5.41, 5.74) is 1.39. The van der Waals surface area contributed by atoms with E-state index in [-0.39, 0.29) is 5.75 Å². The van der Waals surface area contributed by atoms with Crippen LogP contribution in [0.2, 0.25) is 0 Å². The van der Waals surface area contributed by atoms with E-state index in [1.165, 1.54) is 36.6 Å². The highest BCUT2D eigenvalue weighted by atomic mass is 32.2. The first-order valence-electron chi connectivity index (χ1n) is 7.17. The van der Waals surface area contributed by atoms with Crippen LogP contribution in [0.3, 0.4) is 0 Å². The first-order chi connectivity index (χ1) is 9.94. The predicted octanol–water partition coefficient (Wildman–Crippen LogP) is 3.78. The monoisotopic (exact) mass is 325 g/mol. The van der Waals surface area contributed by atoms with Crippen molar-refractivity contribution in [1.82, 2.24) is 0 Å². The molecule has 1 aromatic heterocycles. The van der Waals surface area contributed by atoms with Gasteiger partial charge in [0.1, 0.15) is 5.75 Å². The Labute approximate surface area is 129 Å². The summed E-state index contributed by atoms with van der Waals surface area (Å²) in [6.45, 7) is 2.33. The first kappa shape index (κ1) is 14.8. The molecule has 2 N–H and O–H groups in total. The predicted molar refractivity (Wildman–Crippen MR) is 85.9 cm³/mol. The van der Waals surface area contributed by atoms with Crippen LogP contribution in [0.4, 0.5) is 0 Å². The third-order valence-corrected chi connectivity index (χ3v) is 5.69. The van der Waals surface area contributed by atoms with Gasteiger partial charge in [-0.1, -0.05) is 26.2 Å². The number of fused-ring (bicyclic) bond motifs is 1. The molecule has 0 saturated heterocycles. The van der Waals surface area contributed by atoms with Crippen molar-refractivity contribution in [3.8, 4) is 5.75 Å². The molecule has 1 fully saturated rings. The Morgan fingerprint density at radius 2 is 2.05 bits per heavy atom. The van der Waals surface area contributed by atoms with Gasteiger partial charge in [0.2, 0.25) is 0 Å². The normalized spacial score (nSPS) is 23.3. The van der Waals surface area contributed by atoms with Crippen LogP contribution in [0.1, 0.15) is 44.1 Å². The van der Waals surface area contributed by atoms with E-state index >= 15 is 0 Å². The Balaban J connectivity index is 1.96. The molecule has 0 amide bonds. The minimum absolute atomic E-state index is 0.273. The first-order valence-corrected chi connectivity index (χ1v) is 9.52. The smallest absolute Gasteiger partial charge is 0.371 e. The molecule has 0 bridgehead atoms. The van der Waals surface area contributed by atoms with E-state index in [9.17, 15) is 8.42 Å². The van der Waals surface area contributed by atoms with Crippen LogP contribution >= 0.6 is 11.3 Å². The molecule has 2 atom stereocenters. The molecular formula is C15H19NO3S2. The van der Waals surface area contributed by atoms with Gasteiger partial charge in [0.15, 0.2) is 0 Å². The largest absolute Gasteiger partial charge is 0.380 e. The van der Waals surface area contributed by atoms with E-state index in [0.717, 1.165) is 4.70 Å². The average Bonchev–Trinajstić information content (AvgIpc) is 2.80. The van der Waals surface area contributed by atoms with Gasteiger partial charge >= 0.3 is 10.3 Å². The third kappa shape index (κ3) is 3.22. The second kappa shape index (κ2) is 5.59. The zero-order valence-corrected chi connectivity index (χ0v) is 13.5. The number of hydrogen-bond acceptors (Lipinski definition) is 4. The zero-order chi connectivity index (χ0) is 15.0. The minimum atomic E-state index is -3.96. The second-order valence-electron chi connectivity index (χ2n) is 5.79. The van der Waals surface area contributed by atoms with Gasteiger partial charge in [-0.3, -0.25) is 0 Å². The molecule has 1 aromatic carbocycles. The Morgan fingerprint density at radius 1 is 1.29 bits per heavy atom. The molecule has 6 heteroatoms. The lowest BCUT2D eigenvalue weighted by Gasteiger charge is -2.28. The van der Waals surface area contributed by atoms with Gasteiger partial charge in [-0.05, 0) is 52.8 Å². The Kier molecular flexibility index (Phi) is 3.94. The fourth-order valence-corrected chi connectivity index (χ4v) is 4.71. The molecule has 21 heavy (non-hydrogen) atoms. The fraction of sp³-hybridized carbons (Fsp3) is 0.467. The van der Waals surface area contributed by atoms with Crippen LogP contribution in [0.5, 0.6) is 5.75 Å². The van der Waals surface area contributed by atoms with Gasteiger partial charge in [0.25, 0.3) is 0 Å². The van der Waals surface area contributed by atoms with E-state index in [4.69, 9.17) is 9.32 Å². The van der Waals surface area contributed by atoms with Crippen LogP contribution in [-0.4, -0.2) is 8.42 Å². The molecule has 2 aromatic rings. The summed E-state index contributed by atoms with van der Waals surface area (Å²) in [6.07, 6.45) is 5.14. The molecule has 0 aliphatic heterocycles. The summed E-state index contributed by atoms with van der Waals surface area (Å²) < 4.78 is 27.8. The van der Waals surface area contributed by atoms with Crippen LogP contribution in [0, 0.1) is 5.92 Å².